The molecule has 104 valence electrons. The molecule has 5 nitrogen and oxygen atoms in total. The van der Waals surface area contributed by atoms with Crippen molar-refractivity contribution in [2.24, 2.45) is 0 Å². The van der Waals surface area contributed by atoms with Gasteiger partial charge in [0.05, 0.1) is 7.11 Å². The van der Waals surface area contributed by atoms with Crippen LogP contribution in [-0.2, 0) is 16.1 Å². The summed E-state index contributed by atoms with van der Waals surface area (Å²) < 4.78 is 6.52. The number of carbonyl (C=O) groups is 1. The maximum atomic E-state index is 11.7. The van der Waals surface area contributed by atoms with E-state index in [2.05, 4.69) is 4.90 Å². The van der Waals surface area contributed by atoms with Crippen LogP contribution in [0.4, 0.5) is 0 Å². The first-order valence-electron chi connectivity index (χ1n) is 6.69. The molecule has 1 aromatic heterocycles. The van der Waals surface area contributed by atoms with E-state index < -0.39 is 0 Å². The van der Waals surface area contributed by atoms with Gasteiger partial charge in [0.15, 0.2) is 0 Å². The number of hydrogen-bond acceptors (Lipinski definition) is 4. The molecule has 0 aliphatic carbocycles. The number of nitrogens with zero attached hydrogens (tertiary/aromatic N) is 2. The molecule has 0 bridgehead atoms. The molecule has 1 atom stereocenters. The zero-order valence-corrected chi connectivity index (χ0v) is 11.2. The fraction of sp³-hybridized carbons (Fsp3) is 0.571. The van der Waals surface area contributed by atoms with Gasteiger partial charge >= 0.3 is 5.97 Å². The van der Waals surface area contributed by atoms with Crippen molar-refractivity contribution in [2.75, 3.05) is 20.2 Å². The Morgan fingerprint density at radius 2 is 2.21 bits per heavy atom. The lowest BCUT2D eigenvalue weighted by Gasteiger charge is -2.33. The summed E-state index contributed by atoms with van der Waals surface area (Å²) in [5.74, 6) is -0.167. The van der Waals surface area contributed by atoms with Gasteiger partial charge in [-0.1, -0.05) is 12.5 Å². The number of carbonyl (C=O) groups excluding carboxylic acids is 1. The monoisotopic (exact) mass is 264 g/mol. The van der Waals surface area contributed by atoms with Crippen molar-refractivity contribution in [3.63, 3.8) is 0 Å². The van der Waals surface area contributed by atoms with E-state index in [0.717, 1.165) is 25.8 Å². The molecule has 0 unspecified atom stereocenters. The van der Waals surface area contributed by atoms with Crippen molar-refractivity contribution in [3.05, 3.63) is 34.7 Å². The van der Waals surface area contributed by atoms with Crippen molar-refractivity contribution in [1.82, 2.24) is 9.47 Å². The minimum atomic E-state index is -0.167. The molecule has 1 fully saturated rings. The highest BCUT2D eigenvalue weighted by Crippen LogP contribution is 2.17. The first kappa shape index (κ1) is 13.8. The molecule has 2 rings (SSSR count). The Labute approximate surface area is 112 Å². The largest absolute Gasteiger partial charge is 0.468 e. The van der Waals surface area contributed by atoms with Gasteiger partial charge in [-0.15, -0.1) is 0 Å². The Bertz CT molecular complexity index is 484. The third kappa shape index (κ3) is 3.44. The zero-order valence-electron chi connectivity index (χ0n) is 11.2. The fourth-order valence-electron chi connectivity index (χ4n) is 2.54. The number of esters is 1. The second-order valence-electron chi connectivity index (χ2n) is 4.80. The molecule has 0 N–H and O–H groups in total. The minimum Gasteiger partial charge on any atom is -0.468 e. The number of methoxy groups -OCH3 is 1. The van der Waals surface area contributed by atoms with E-state index in [0.29, 0.717) is 13.1 Å². The Hall–Kier alpha value is -1.62. The molecule has 1 aromatic rings. The second kappa shape index (κ2) is 6.52. The fourth-order valence-corrected chi connectivity index (χ4v) is 2.54. The van der Waals surface area contributed by atoms with Gasteiger partial charge in [-0.2, -0.15) is 0 Å². The van der Waals surface area contributed by atoms with Crippen LogP contribution in [-0.4, -0.2) is 41.7 Å². The highest BCUT2D eigenvalue weighted by molar-refractivity contribution is 5.75. The lowest BCUT2D eigenvalue weighted by molar-refractivity contribution is -0.148. The molecule has 0 spiro atoms. The van der Waals surface area contributed by atoms with Crippen LogP contribution in [0.1, 0.15) is 19.3 Å². The van der Waals surface area contributed by atoms with E-state index in [1.54, 1.807) is 22.9 Å². The molecule has 19 heavy (non-hydrogen) atoms. The van der Waals surface area contributed by atoms with Gasteiger partial charge in [-0.3, -0.25) is 14.5 Å². The Morgan fingerprint density at radius 1 is 1.37 bits per heavy atom. The summed E-state index contributed by atoms with van der Waals surface area (Å²) in [5.41, 5.74) is -0.00544. The Kier molecular flexibility index (Phi) is 4.74. The number of piperidine rings is 1. The molecule has 1 aliphatic heterocycles. The molecule has 0 saturated carbocycles. The molecule has 0 amide bonds. The average Bonchev–Trinajstić information content (AvgIpc) is 2.46. The lowest BCUT2D eigenvalue weighted by atomic mass is 10.0. The first-order chi connectivity index (χ1) is 9.22. The van der Waals surface area contributed by atoms with Gasteiger partial charge in [0, 0.05) is 25.4 Å². The van der Waals surface area contributed by atoms with Crippen molar-refractivity contribution in [1.29, 1.82) is 0 Å². The molecule has 5 heteroatoms. The molecule has 1 saturated heterocycles. The highest BCUT2D eigenvalue weighted by Gasteiger charge is 2.28. The van der Waals surface area contributed by atoms with Gasteiger partial charge in [0.1, 0.15) is 6.04 Å². The topological polar surface area (TPSA) is 51.5 Å². The summed E-state index contributed by atoms with van der Waals surface area (Å²) in [7, 11) is 1.43. The SMILES string of the molecule is COC(=O)[C@H]1CCCCN1CCn1ccccc1=O. The quantitative estimate of drug-likeness (QED) is 0.757. The van der Waals surface area contributed by atoms with Crippen molar-refractivity contribution in [3.8, 4) is 0 Å². The maximum Gasteiger partial charge on any atom is 0.323 e. The van der Waals surface area contributed by atoms with Crippen molar-refractivity contribution in [2.45, 2.75) is 31.8 Å². The van der Waals surface area contributed by atoms with Crippen LogP contribution >= 0.6 is 0 Å². The number of pyridine rings is 1. The Morgan fingerprint density at radius 3 is 2.95 bits per heavy atom. The van der Waals surface area contributed by atoms with Crippen LogP contribution < -0.4 is 5.56 Å². The standard InChI is InChI=1S/C14H20N2O3/c1-19-14(18)12-6-2-4-8-15(12)10-11-16-9-5-3-7-13(16)17/h3,5,7,9,12H,2,4,6,8,10-11H2,1H3/t12-/m1/s1. The summed E-state index contributed by atoms with van der Waals surface area (Å²) in [6.07, 6.45) is 4.77. The first-order valence-corrected chi connectivity index (χ1v) is 6.69. The molecule has 1 aliphatic rings. The van der Waals surface area contributed by atoms with E-state index in [1.165, 1.54) is 7.11 Å². The van der Waals surface area contributed by atoms with Crippen LogP contribution in [0, 0.1) is 0 Å². The zero-order chi connectivity index (χ0) is 13.7. The predicted molar refractivity (Wildman–Crippen MR) is 71.9 cm³/mol. The highest BCUT2D eigenvalue weighted by atomic mass is 16.5. The minimum absolute atomic E-state index is 0.00544. The number of aromatic nitrogens is 1. The van der Waals surface area contributed by atoms with Gasteiger partial charge in [0.2, 0.25) is 0 Å². The van der Waals surface area contributed by atoms with Crippen LogP contribution in [0.5, 0.6) is 0 Å². The maximum absolute atomic E-state index is 11.7. The van der Waals surface area contributed by atoms with Crippen molar-refractivity contribution >= 4 is 5.97 Å². The van der Waals surface area contributed by atoms with E-state index in [4.69, 9.17) is 4.74 Å². The summed E-state index contributed by atoms with van der Waals surface area (Å²) in [5, 5.41) is 0. The van der Waals surface area contributed by atoms with Crippen LogP contribution in [0.15, 0.2) is 29.2 Å². The summed E-state index contributed by atoms with van der Waals surface area (Å²) in [6.45, 7) is 2.19. The average molecular weight is 264 g/mol. The van der Waals surface area contributed by atoms with Gasteiger partial charge < -0.3 is 9.30 Å². The van der Waals surface area contributed by atoms with E-state index >= 15 is 0 Å². The van der Waals surface area contributed by atoms with Crippen LogP contribution in [0.2, 0.25) is 0 Å². The summed E-state index contributed by atoms with van der Waals surface area (Å²) in [4.78, 5) is 25.5. The van der Waals surface area contributed by atoms with Gasteiger partial charge in [-0.05, 0) is 25.5 Å². The van der Waals surface area contributed by atoms with Crippen LogP contribution in [0.25, 0.3) is 0 Å². The number of ether oxygens (including phenoxy) is 1. The smallest absolute Gasteiger partial charge is 0.323 e. The number of likely N-dealkylation sites (tertiary alicyclic amines) is 1. The lowest BCUT2D eigenvalue weighted by Crippen LogP contribution is -2.46. The van der Waals surface area contributed by atoms with Crippen LogP contribution in [0.3, 0.4) is 0 Å². The van der Waals surface area contributed by atoms with Gasteiger partial charge in [-0.25, -0.2) is 0 Å². The number of hydrogen-bond donors (Lipinski definition) is 0. The summed E-state index contributed by atoms with van der Waals surface area (Å²) in [6, 6.07) is 4.97. The number of rotatable bonds is 4. The molecule has 0 radical (unpaired) electrons. The second-order valence-corrected chi connectivity index (χ2v) is 4.80. The normalized spacial score (nSPS) is 20.2. The predicted octanol–water partition coefficient (Wildman–Crippen LogP) is 0.876. The molecular weight excluding hydrogens is 244 g/mol. The molecule has 2 heterocycles. The Balaban J connectivity index is 1.98. The third-order valence-electron chi connectivity index (χ3n) is 3.61. The van der Waals surface area contributed by atoms with Gasteiger partial charge in [0.25, 0.3) is 5.56 Å². The molecule has 0 aromatic carbocycles. The summed E-state index contributed by atoms with van der Waals surface area (Å²) >= 11 is 0. The van der Waals surface area contributed by atoms with E-state index in [9.17, 15) is 9.59 Å². The third-order valence-corrected chi connectivity index (χ3v) is 3.61. The molecular formula is C14H20N2O3. The van der Waals surface area contributed by atoms with Crippen molar-refractivity contribution < 1.29 is 9.53 Å². The van der Waals surface area contributed by atoms with E-state index in [-0.39, 0.29) is 17.6 Å². The van der Waals surface area contributed by atoms with E-state index in [1.807, 2.05) is 6.07 Å².